The second-order valence-corrected chi connectivity index (χ2v) is 6.82. The van der Waals surface area contributed by atoms with Crippen LogP contribution < -0.4 is 5.32 Å². The maximum absolute atomic E-state index is 12.4. The van der Waals surface area contributed by atoms with Gasteiger partial charge >= 0.3 is 5.97 Å². The fraction of sp³-hybridized carbons (Fsp3) is 0.273. The van der Waals surface area contributed by atoms with Gasteiger partial charge in [0.15, 0.2) is 5.82 Å². The number of carboxylic acid groups (broad SMARTS) is 1. The van der Waals surface area contributed by atoms with Crippen molar-refractivity contribution in [3.63, 3.8) is 0 Å². The number of aromatic nitrogens is 2. The molecule has 0 aliphatic carbocycles. The average Bonchev–Trinajstić information content (AvgIpc) is 3.15. The number of anilines is 1. The van der Waals surface area contributed by atoms with Crippen molar-refractivity contribution in [2.75, 3.05) is 5.32 Å². The Kier molecular flexibility index (Phi) is 6.39. The van der Waals surface area contributed by atoms with Gasteiger partial charge in [-0.25, -0.2) is 4.79 Å². The van der Waals surface area contributed by atoms with Crippen LogP contribution in [-0.2, 0) is 11.2 Å². The van der Waals surface area contributed by atoms with Crippen molar-refractivity contribution in [2.45, 2.75) is 39.0 Å². The number of hydrogen-bond donors (Lipinski definition) is 2. The Labute approximate surface area is 168 Å². The van der Waals surface area contributed by atoms with E-state index in [1.54, 1.807) is 18.2 Å². The number of aromatic carboxylic acids is 1. The molecule has 0 saturated heterocycles. The molecule has 7 nitrogen and oxygen atoms in total. The molecule has 0 aliphatic heterocycles. The molecule has 0 bridgehead atoms. The first kappa shape index (κ1) is 20.3. The zero-order valence-corrected chi connectivity index (χ0v) is 16.4. The minimum absolute atomic E-state index is 0.0252. The Morgan fingerprint density at radius 3 is 2.59 bits per heavy atom. The number of carboxylic acids is 1. The highest BCUT2D eigenvalue weighted by Gasteiger charge is 2.23. The first-order valence-corrected chi connectivity index (χ1v) is 9.49. The van der Waals surface area contributed by atoms with Gasteiger partial charge in [-0.1, -0.05) is 54.9 Å². The second kappa shape index (κ2) is 9.14. The summed E-state index contributed by atoms with van der Waals surface area (Å²) in [6.07, 6.45) is 1.69. The number of hydrogen-bond acceptors (Lipinski definition) is 5. The number of aryl methyl sites for hydroxylation is 1. The summed E-state index contributed by atoms with van der Waals surface area (Å²) in [6, 6.07) is 14.3. The normalized spacial score (nSPS) is 11.8. The van der Waals surface area contributed by atoms with E-state index in [0.29, 0.717) is 5.89 Å². The average molecular weight is 393 g/mol. The van der Waals surface area contributed by atoms with Crippen molar-refractivity contribution in [3.8, 4) is 0 Å². The third-order valence-corrected chi connectivity index (χ3v) is 4.67. The van der Waals surface area contributed by atoms with Crippen molar-refractivity contribution >= 4 is 17.6 Å². The molecule has 1 amide bonds. The third-order valence-electron chi connectivity index (χ3n) is 4.67. The molecule has 1 heterocycles. The van der Waals surface area contributed by atoms with Gasteiger partial charge < -0.3 is 14.9 Å². The molecule has 3 rings (SSSR count). The van der Waals surface area contributed by atoms with Gasteiger partial charge in [-0.15, -0.1) is 0 Å². The van der Waals surface area contributed by atoms with E-state index in [4.69, 9.17) is 4.52 Å². The Balaban J connectivity index is 1.75. The fourth-order valence-corrected chi connectivity index (χ4v) is 3.28. The zero-order chi connectivity index (χ0) is 20.8. The first-order valence-electron chi connectivity index (χ1n) is 9.49. The van der Waals surface area contributed by atoms with Crippen LogP contribution in [-0.4, -0.2) is 27.1 Å². The van der Waals surface area contributed by atoms with Gasteiger partial charge in [-0.05, 0) is 36.6 Å². The maximum Gasteiger partial charge on any atom is 0.337 e. The highest BCUT2D eigenvalue weighted by molar-refractivity contribution is 6.00. The van der Waals surface area contributed by atoms with Gasteiger partial charge in [-0.2, -0.15) is 4.98 Å². The summed E-state index contributed by atoms with van der Waals surface area (Å²) in [5, 5.41) is 15.8. The Bertz CT molecular complexity index is 1010. The molecule has 1 aromatic heterocycles. The standard InChI is InChI=1S/C22H23N3O4/c1-3-8-16(15-10-5-4-9-14(15)2)21-24-19(25-29-21)13-20(26)23-18-12-7-6-11-17(18)22(27)28/h4-7,9-12,16H,3,8,13H2,1-2H3,(H,23,26)(H,27,28). The van der Waals surface area contributed by atoms with Crippen molar-refractivity contribution in [1.82, 2.24) is 10.1 Å². The molecule has 29 heavy (non-hydrogen) atoms. The SMILES string of the molecule is CCCC(c1nc(CC(=O)Nc2ccccc2C(=O)O)no1)c1ccccc1C. The summed E-state index contributed by atoms with van der Waals surface area (Å²) in [5.41, 5.74) is 2.54. The lowest BCUT2D eigenvalue weighted by molar-refractivity contribution is -0.115. The maximum atomic E-state index is 12.4. The minimum Gasteiger partial charge on any atom is -0.478 e. The van der Waals surface area contributed by atoms with E-state index in [-0.39, 0.29) is 29.4 Å². The summed E-state index contributed by atoms with van der Waals surface area (Å²) in [6.45, 7) is 4.14. The molecule has 1 atom stereocenters. The van der Waals surface area contributed by atoms with Crippen LogP contribution in [0, 0.1) is 6.92 Å². The van der Waals surface area contributed by atoms with Crippen LogP contribution in [0.1, 0.15) is 58.9 Å². The predicted octanol–water partition coefficient (Wildman–Crippen LogP) is 4.19. The van der Waals surface area contributed by atoms with E-state index < -0.39 is 11.9 Å². The monoisotopic (exact) mass is 393 g/mol. The summed E-state index contributed by atoms with van der Waals surface area (Å²) in [5.74, 6) is -0.800. The van der Waals surface area contributed by atoms with Gasteiger partial charge in [0.25, 0.3) is 0 Å². The van der Waals surface area contributed by atoms with E-state index in [2.05, 4.69) is 28.4 Å². The van der Waals surface area contributed by atoms with Gasteiger partial charge in [0, 0.05) is 0 Å². The number of rotatable bonds is 8. The molecule has 2 N–H and O–H groups in total. The molecule has 1 unspecified atom stereocenters. The minimum atomic E-state index is -1.11. The van der Waals surface area contributed by atoms with Crippen LogP contribution >= 0.6 is 0 Å². The van der Waals surface area contributed by atoms with Crippen LogP contribution in [0.5, 0.6) is 0 Å². The molecule has 0 radical (unpaired) electrons. The Morgan fingerprint density at radius 2 is 1.86 bits per heavy atom. The fourth-order valence-electron chi connectivity index (χ4n) is 3.28. The lowest BCUT2D eigenvalue weighted by Crippen LogP contribution is -2.17. The van der Waals surface area contributed by atoms with Crippen molar-refractivity contribution < 1.29 is 19.2 Å². The van der Waals surface area contributed by atoms with Gasteiger partial charge in [0.05, 0.1) is 23.6 Å². The van der Waals surface area contributed by atoms with Crippen molar-refractivity contribution in [3.05, 3.63) is 76.9 Å². The molecule has 0 fully saturated rings. The van der Waals surface area contributed by atoms with Gasteiger partial charge in [0.1, 0.15) is 0 Å². The second-order valence-electron chi connectivity index (χ2n) is 6.82. The molecule has 0 aliphatic rings. The van der Waals surface area contributed by atoms with Crippen LogP contribution in [0.2, 0.25) is 0 Å². The van der Waals surface area contributed by atoms with E-state index in [1.165, 1.54) is 6.07 Å². The van der Waals surface area contributed by atoms with Crippen molar-refractivity contribution in [2.24, 2.45) is 0 Å². The summed E-state index contributed by atoms with van der Waals surface area (Å²) in [4.78, 5) is 28.1. The van der Waals surface area contributed by atoms with E-state index in [1.807, 2.05) is 25.1 Å². The number of nitrogens with zero attached hydrogens (tertiary/aromatic N) is 2. The first-order chi connectivity index (χ1) is 14.0. The molecule has 7 heteroatoms. The van der Waals surface area contributed by atoms with Crippen LogP contribution in [0.3, 0.4) is 0 Å². The highest BCUT2D eigenvalue weighted by Crippen LogP contribution is 2.30. The Morgan fingerprint density at radius 1 is 1.14 bits per heavy atom. The number of carbonyl (C=O) groups is 2. The highest BCUT2D eigenvalue weighted by atomic mass is 16.5. The van der Waals surface area contributed by atoms with E-state index >= 15 is 0 Å². The number of nitrogens with one attached hydrogen (secondary N) is 1. The van der Waals surface area contributed by atoms with E-state index in [0.717, 1.165) is 24.0 Å². The molecule has 0 saturated carbocycles. The van der Waals surface area contributed by atoms with Crippen LogP contribution in [0.15, 0.2) is 53.1 Å². The molecule has 150 valence electrons. The third kappa shape index (κ3) is 4.87. The van der Waals surface area contributed by atoms with Gasteiger partial charge in [-0.3, -0.25) is 4.79 Å². The lowest BCUT2D eigenvalue weighted by atomic mass is 9.91. The Hall–Kier alpha value is -3.48. The van der Waals surface area contributed by atoms with Gasteiger partial charge in [0.2, 0.25) is 11.8 Å². The topological polar surface area (TPSA) is 105 Å². The molecule has 3 aromatic rings. The number of para-hydroxylation sites is 1. The van der Waals surface area contributed by atoms with Crippen LogP contribution in [0.25, 0.3) is 0 Å². The summed E-state index contributed by atoms with van der Waals surface area (Å²) < 4.78 is 5.47. The zero-order valence-electron chi connectivity index (χ0n) is 16.4. The van der Waals surface area contributed by atoms with Crippen LogP contribution in [0.4, 0.5) is 5.69 Å². The molecular formula is C22H23N3O4. The van der Waals surface area contributed by atoms with E-state index in [9.17, 15) is 14.7 Å². The quantitative estimate of drug-likeness (QED) is 0.594. The molecular weight excluding hydrogens is 370 g/mol. The number of benzene rings is 2. The number of amides is 1. The largest absolute Gasteiger partial charge is 0.478 e. The predicted molar refractivity (Wildman–Crippen MR) is 108 cm³/mol. The summed E-state index contributed by atoms with van der Waals surface area (Å²) >= 11 is 0. The molecule has 0 spiro atoms. The number of carbonyl (C=O) groups excluding carboxylic acids is 1. The molecule has 2 aromatic carbocycles. The lowest BCUT2D eigenvalue weighted by Gasteiger charge is -2.14. The summed E-state index contributed by atoms with van der Waals surface area (Å²) in [7, 11) is 0. The smallest absolute Gasteiger partial charge is 0.337 e. The van der Waals surface area contributed by atoms with Crippen molar-refractivity contribution in [1.29, 1.82) is 0 Å².